The van der Waals surface area contributed by atoms with Crippen molar-refractivity contribution in [1.29, 1.82) is 0 Å². The van der Waals surface area contributed by atoms with Crippen LogP contribution in [0.15, 0.2) is 60.7 Å². The number of carbonyl (C=O) groups is 1. The number of carbonyl (C=O) groups excluding carboxylic acids is 1. The third-order valence-electron chi connectivity index (χ3n) is 6.77. The topological polar surface area (TPSA) is 71.9 Å². The van der Waals surface area contributed by atoms with Gasteiger partial charge in [0.2, 0.25) is 0 Å². The molecule has 32 heavy (non-hydrogen) atoms. The fraction of sp³-hybridized carbons (Fsp3) is 0.385. The second-order valence-corrected chi connectivity index (χ2v) is 8.89. The van der Waals surface area contributed by atoms with Crippen LogP contribution in [-0.4, -0.2) is 53.4 Å². The lowest BCUT2D eigenvalue weighted by atomic mass is 9.78. The van der Waals surface area contributed by atoms with Gasteiger partial charge in [-0.2, -0.15) is 0 Å². The van der Waals surface area contributed by atoms with E-state index in [4.69, 9.17) is 14.5 Å². The molecule has 1 saturated carbocycles. The number of benzene rings is 2. The number of esters is 1. The highest BCUT2D eigenvalue weighted by Crippen LogP contribution is 2.39. The summed E-state index contributed by atoms with van der Waals surface area (Å²) in [6.07, 6.45) is 0.585. The van der Waals surface area contributed by atoms with Crippen molar-refractivity contribution in [3.8, 4) is 5.75 Å². The van der Waals surface area contributed by atoms with Crippen LogP contribution in [0.25, 0.3) is 10.9 Å². The number of aromatic nitrogens is 1. The number of fused-ring (bicyclic) bond motifs is 2. The molecule has 0 radical (unpaired) electrons. The maximum absolute atomic E-state index is 12.1. The molecule has 1 aliphatic heterocycles. The van der Waals surface area contributed by atoms with Crippen molar-refractivity contribution in [1.82, 2.24) is 9.88 Å². The largest absolute Gasteiger partial charge is 0.487 e. The van der Waals surface area contributed by atoms with Crippen LogP contribution in [0.2, 0.25) is 0 Å². The number of methoxy groups -OCH3 is 1. The van der Waals surface area contributed by atoms with E-state index < -0.39 is 12.1 Å². The highest BCUT2D eigenvalue weighted by molar-refractivity contribution is 5.92. The van der Waals surface area contributed by atoms with Crippen molar-refractivity contribution < 1.29 is 19.4 Å². The first-order valence-electron chi connectivity index (χ1n) is 11.2. The number of likely N-dealkylation sites (tertiary alicyclic amines) is 1. The van der Waals surface area contributed by atoms with Crippen molar-refractivity contribution in [2.75, 3.05) is 20.2 Å². The van der Waals surface area contributed by atoms with Gasteiger partial charge in [0.15, 0.2) is 0 Å². The summed E-state index contributed by atoms with van der Waals surface area (Å²) in [5, 5.41) is 11.9. The van der Waals surface area contributed by atoms with Crippen LogP contribution in [0, 0.1) is 11.8 Å². The van der Waals surface area contributed by atoms with Crippen LogP contribution in [0.3, 0.4) is 0 Å². The lowest BCUT2D eigenvalue weighted by Gasteiger charge is -2.35. The summed E-state index contributed by atoms with van der Waals surface area (Å²) in [5.74, 6) is 0.936. The van der Waals surface area contributed by atoms with Gasteiger partial charge < -0.3 is 14.6 Å². The third-order valence-corrected chi connectivity index (χ3v) is 6.77. The second kappa shape index (κ2) is 8.88. The minimum atomic E-state index is -0.555. The van der Waals surface area contributed by atoms with Crippen LogP contribution in [0.4, 0.5) is 0 Å². The monoisotopic (exact) mass is 432 g/mol. The zero-order valence-electron chi connectivity index (χ0n) is 18.2. The molecule has 2 heterocycles. The zero-order valence-corrected chi connectivity index (χ0v) is 18.2. The van der Waals surface area contributed by atoms with Crippen molar-refractivity contribution >= 4 is 16.9 Å². The first-order valence-corrected chi connectivity index (χ1v) is 11.2. The van der Waals surface area contributed by atoms with Gasteiger partial charge in [-0.25, -0.2) is 4.79 Å². The number of hydrogen-bond acceptors (Lipinski definition) is 6. The first kappa shape index (κ1) is 20.9. The number of aliphatic hydroxyl groups excluding tert-OH is 1. The molecule has 2 aliphatic rings. The molecule has 0 amide bonds. The Kier molecular flexibility index (Phi) is 5.81. The van der Waals surface area contributed by atoms with Gasteiger partial charge in [-0.05, 0) is 48.9 Å². The van der Waals surface area contributed by atoms with Crippen LogP contribution < -0.4 is 4.74 Å². The number of pyridine rings is 1. The lowest BCUT2D eigenvalue weighted by molar-refractivity contribution is -0.0237. The quantitative estimate of drug-likeness (QED) is 0.621. The molecule has 4 atom stereocenters. The van der Waals surface area contributed by atoms with E-state index in [2.05, 4.69) is 23.1 Å². The summed E-state index contributed by atoms with van der Waals surface area (Å²) in [7, 11) is 1.36. The molecule has 1 N–H and O–H groups in total. The van der Waals surface area contributed by atoms with Crippen LogP contribution in [0.1, 0.15) is 28.9 Å². The number of aliphatic hydroxyl groups is 1. The molecule has 6 nitrogen and oxygen atoms in total. The number of ether oxygens (including phenoxy) is 2. The Morgan fingerprint density at radius 1 is 1.03 bits per heavy atom. The Balaban J connectivity index is 1.25. The summed E-state index contributed by atoms with van der Waals surface area (Å²) >= 11 is 0. The molecule has 0 unspecified atom stereocenters. The Morgan fingerprint density at radius 2 is 1.78 bits per heavy atom. The Hall–Kier alpha value is -2.96. The fourth-order valence-corrected chi connectivity index (χ4v) is 5.18. The molecule has 2 fully saturated rings. The second-order valence-electron chi connectivity index (χ2n) is 8.89. The molecule has 5 rings (SSSR count). The summed E-state index contributed by atoms with van der Waals surface area (Å²) in [6, 6.07) is 19.5. The molecule has 6 heteroatoms. The zero-order chi connectivity index (χ0) is 22.1. The molecule has 166 valence electrons. The van der Waals surface area contributed by atoms with E-state index in [1.807, 2.05) is 24.3 Å². The van der Waals surface area contributed by atoms with Gasteiger partial charge >= 0.3 is 5.97 Å². The maximum atomic E-state index is 12.1. The molecule has 2 aromatic carbocycles. The average molecular weight is 433 g/mol. The van der Waals surface area contributed by atoms with E-state index in [1.165, 1.54) is 7.11 Å². The smallest absolute Gasteiger partial charge is 0.341 e. The molecule has 1 aliphatic carbocycles. The van der Waals surface area contributed by atoms with E-state index in [0.29, 0.717) is 29.6 Å². The van der Waals surface area contributed by atoms with Gasteiger partial charge in [-0.3, -0.25) is 9.88 Å². The van der Waals surface area contributed by atoms with Gasteiger partial charge in [0.25, 0.3) is 0 Å². The highest BCUT2D eigenvalue weighted by Gasteiger charge is 2.43. The number of nitrogens with zero attached hydrogens (tertiary/aromatic N) is 2. The minimum absolute atomic E-state index is 0.333. The molecular weight excluding hydrogens is 404 g/mol. The predicted molar refractivity (Wildman–Crippen MR) is 121 cm³/mol. The molecule has 3 aromatic rings. The first-order chi connectivity index (χ1) is 15.6. The third kappa shape index (κ3) is 4.20. The summed E-state index contributed by atoms with van der Waals surface area (Å²) < 4.78 is 11.0. The Morgan fingerprint density at radius 3 is 2.62 bits per heavy atom. The lowest BCUT2D eigenvalue weighted by Crippen LogP contribution is -2.42. The van der Waals surface area contributed by atoms with E-state index in [1.54, 1.807) is 18.2 Å². The Labute approximate surface area is 187 Å². The van der Waals surface area contributed by atoms with E-state index in [0.717, 1.165) is 42.7 Å². The number of rotatable bonds is 5. The molecule has 0 bridgehead atoms. The van der Waals surface area contributed by atoms with Gasteiger partial charge in [-0.15, -0.1) is 0 Å². The summed E-state index contributed by atoms with van der Waals surface area (Å²) in [5.41, 5.74) is 2.48. The normalized spacial score (nSPS) is 25.4. The highest BCUT2D eigenvalue weighted by atomic mass is 16.5. The van der Waals surface area contributed by atoms with E-state index >= 15 is 0 Å². The number of para-hydroxylation sites is 2. The van der Waals surface area contributed by atoms with Gasteiger partial charge in [0.1, 0.15) is 17.4 Å². The molecule has 1 saturated heterocycles. The van der Waals surface area contributed by atoms with Gasteiger partial charge in [-0.1, -0.05) is 36.4 Å². The van der Waals surface area contributed by atoms with Crippen molar-refractivity contribution in [2.24, 2.45) is 11.8 Å². The average Bonchev–Trinajstić information content (AvgIpc) is 3.19. The van der Waals surface area contributed by atoms with Gasteiger partial charge in [0.05, 0.1) is 24.4 Å². The van der Waals surface area contributed by atoms with Crippen LogP contribution in [-0.2, 0) is 11.3 Å². The molecule has 0 spiro atoms. The van der Waals surface area contributed by atoms with E-state index in [9.17, 15) is 9.90 Å². The fourth-order valence-electron chi connectivity index (χ4n) is 5.18. The van der Waals surface area contributed by atoms with E-state index in [-0.39, 0.29) is 6.10 Å². The maximum Gasteiger partial charge on any atom is 0.341 e. The minimum Gasteiger partial charge on any atom is -0.487 e. The molecular formula is C26H28N2O4. The Bertz CT molecular complexity index is 1120. The number of hydrogen-bond donors (Lipinski definition) is 1. The van der Waals surface area contributed by atoms with Crippen molar-refractivity contribution in [3.05, 3.63) is 71.9 Å². The SMILES string of the molecule is COC(=O)c1ccccc1O[C@@H]1C[C@@H]2CN(Cc3ccc4ccccc4n3)C[C@@H]2C[C@H]1O. The van der Waals surface area contributed by atoms with Gasteiger partial charge in [0, 0.05) is 25.0 Å². The van der Waals surface area contributed by atoms with Crippen LogP contribution >= 0.6 is 0 Å². The van der Waals surface area contributed by atoms with Crippen LogP contribution in [0.5, 0.6) is 5.75 Å². The standard InChI is InChI=1S/C26H28N2O4/c1-31-26(30)21-7-3-5-9-24(21)32-25-13-19-15-28(14-18(19)12-23(25)29)16-20-11-10-17-6-2-4-8-22(17)27-20/h2-11,18-19,23,25,29H,12-16H2,1H3/t18-,19+,23+,25+/m0/s1. The summed E-state index contributed by atoms with van der Waals surface area (Å²) in [6.45, 7) is 2.73. The summed E-state index contributed by atoms with van der Waals surface area (Å²) in [4.78, 5) is 19.3. The molecule has 1 aromatic heterocycles. The predicted octanol–water partition coefficient (Wildman–Crippen LogP) is 3.67. The van der Waals surface area contributed by atoms with Crippen molar-refractivity contribution in [3.63, 3.8) is 0 Å². The van der Waals surface area contributed by atoms with Crippen molar-refractivity contribution in [2.45, 2.75) is 31.6 Å².